The second-order valence-corrected chi connectivity index (χ2v) is 6.45. The van der Waals surface area contributed by atoms with Crippen molar-refractivity contribution >= 4 is 45.8 Å². The highest BCUT2D eigenvalue weighted by Crippen LogP contribution is 2.07. The molecule has 0 spiro atoms. The average molecular weight is 377 g/mol. The molecule has 18 heavy (non-hydrogen) atoms. The first-order valence-electron chi connectivity index (χ1n) is 5.42. The van der Waals surface area contributed by atoms with E-state index in [-0.39, 0.29) is 11.4 Å². The van der Waals surface area contributed by atoms with Crippen LogP contribution in [0.3, 0.4) is 0 Å². The van der Waals surface area contributed by atoms with Gasteiger partial charge >= 0.3 is 0 Å². The number of carbonyl (C=O) groups is 1. The van der Waals surface area contributed by atoms with Crippen molar-refractivity contribution in [3.63, 3.8) is 0 Å². The fourth-order valence-electron chi connectivity index (χ4n) is 1.19. The van der Waals surface area contributed by atoms with Gasteiger partial charge in [-0.1, -0.05) is 6.07 Å². The maximum Gasteiger partial charge on any atom is 0.269 e. The number of rotatable bonds is 1. The van der Waals surface area contributed by atoms with E-state index in [1.165, 1.54) is 0 Å². The summed E-state index contributed by atoms with van der Waals surface area (Å²) < 4.78 is 1.01. The molecule has 0 aliphatic heterocycles. The van der Waals surface area contributed by atoms with Crippen molar-refractivity contribution in [1.82, 2.24) is 16.2 Å². The molecule has 1 rings (SSSR count). The van der Waals surface area contributed by atoms with E-state index in [0.717, 1.165) is 3.57 Å². The van der Waals surface area contributed by atoms with Crippen molar-refractivity contribution in [1.29, 1.82) is 0 Å². The van der Waals surface area contributed by atoms with Crippen LogP contribution in [0.4, 0.5) is 0 Å². The van der Waals surface area contributed by atoms with Gasteiger partial charge in [-0.3, -0.25) is 15.6 Å². The maximum atomic E-state index is 11.8. The molecule has 0 heterocycles. The van der Waals surface area contributed by atoms with Crippen LogP contribution in [0.2, 0.25) is 0 Å². The first-order valence-corrected chi connectivity index (χ1v) is 6.91. The molecule has 0 saturated heterocycles. The summed E-state index contributed by atoms with van der Waals surface area (Å²) >= 11 is 7.22. The maximum absolute atomic E-state index is 11.8. The second-order valence-electron chi connectivity index (χ2n) is 4.79. The van der Waals surface area contributed by atoms with E-state index in [2.05, 4.69) is 38.8 Å². The molecule has 1 amide bonds. The van der Waals surface area contributed by atoms with Gasteiger partial charge in [0.2, 0.25) is 0 Å². The van der Waals surface area contributed by atoms with Gasteiger partial charge < -0.3 is 5.32 Å². The van der Waals surface area contributed by atoms with Crippen LogP contribution in [0, 0.1) is 3.57 Å². The minimum Gasteiger partial charge on any atom is -0.357 e. The number of nitrogens with one attached hydrogen (secondary N) is 3. The van der Waals surface area contributed by atoms with Crippen molar-refractivity contribution in [2.45, 2.75) is 26.3 Å². The van der Waals surface area contributed by atoms with Gasteiger partial charge in [0, 0.05) is 14.7 Å². The highest BCUT2D eigenvalue weighted by Gasteiger charge is 2.11. The molecule has 0 aliphatic rings. The summed E-state index contributed by atoms with van der Waals surface area (Å²) in [6, 6.07) is 7.32. The molecule has 0 atom stereocenters. The van der Waals surface area contributed by atoms with Crippen LogP contribution in [0.25, 0.3) is 0 Å². The van der Waals surface area contributed by atoms with E-state index in [0.29, 0.717) is 10.7 Å². The van der Waals surface area contributed by atoms with E-state index in [4.69, 9.17) is 12.2 Å². The van der Waals surface area contributed by atoms with Gasteiger partial charge in [0.15, 0.2) is 5.11 Å². The third kappa shape index (κ3) is 5.63. The predicted molar refractivity (Wildman–Crippen MR) is 85.2 cm³/mol. The Morgan fingerprint density at radius 3 is 2.50 bits per heavy atom. The zero-order valence-corrected chi connectivity index (χ0v) is 13.5. The number of hydrogen-bond acceptors (Lipinski definition) is 2. The van der Waals surface area contributed by atoms with Crippen LogP contribution in [0.1, 0.15) is 31.1 Å². The standard InChI is InChI=1S/C12H16IN3OS/c1-12(2,3)14-11(18)16-15-10(17)8-5-4-6-9(13)7-8/h4-7H,1-3H3,(H,15,17)(H2,14,16,18). The highest BCUT2D eigenvalue weighted by molar-refractivity contribution is 14.1. The topological polar surface area (TPSA) is 53.2 Å². The molecule has 98 valence electrons. The Morgan fingerprint density at radius 2 is 1.94 bits per heavy atom. The first kappa shape index (κ1) is 15.2. The van der Waals surface area contributed by atoms with E-state index in [9.17, 15) is 4.79 Å². The smallest absolute Gasteiger partial charge is 0.269 e. The lowest BCUT2D eigenvalue weighted by atomic mass is 10.1. The number of thiocarbonyl (C=S) groups is 1. The lowest BCUT2D eigenvalue weighted by Gasteiger charge is -2.23. The van der Waals surface area contributed by atoms with Gasteiger partial charge in [-0.05, 0) is 73.8 Å². The minimum absolute atomic E-state index is 0.142. The molecule has 3 N–H and O–H groups in total. The fraction of sp³-hybridized carbons (Fsp3) is 0.333. The van der Waals surface area contributed by atoms with E-state index >= 15 is 0 Å². The van der Waals surface area contributed by atoms with Gasteiger partial charge in [0.25, 0.3) is 5.91 Å². The van der Waals surface area contributed by atoms with Crippen molar-refractivity contribution in [2.75, 3.05) is 0 Å². The normalized spacial score (nSPS) is 10.7. The molecular formula is C12H16IN3OS. The average Bonchev–Trinajstić information content (AvgIpc) is 2.23. The van der Waals surface area contributed by atoms with Gasteiger partial charge in [-0.2, -0.15) is 0 Å². The van der Waals surface area contributed by atoms with Crippen molar-refractivity contribution in [3.8, 4) is 0 Å². The second kappa shape index (κ2) is 6.33. The molecule has 4 nitrogen and oxygen atoms in total. The SMILES string of the molecule is CC(C)(C)NC(=S)NNC(=O)c1cccc(I)c1. The molecule has 0 saturated carbocycles. The van der Waals surface area contributed by atoms with E-state index < -0.39 is 0 Å². The zero-order chi connectivity index (χ0) is 13.8. The third-order valence-corrected chi connectivity index (χ3v) is 2.74. The highest BCUT2D eigenvalue weighted by atomic mass is 127. The van der Waals surface area contributed by atoms with Crippen molar-refractivity contribution in [2.24, 2.45) is 0 Å². The number of hydrazine groups is 1. The van der Waals surface area contributed by atoms with Gasteiger partial charge in [-0.25, -0.2) is 0 Å². The molecule has 1 aromatic rings. The van der Waals surface area contributed by atoms with E-state index in [1.54, 1.807) is 12.1 Å². The largest absolute Gasteiger partial charge is 0.357 e. The van der Waals surface area contributed by atoms with Crippen LogP contribution in [0.15, 0.2) is 24.3 Å². The predicted octanol–water partition coefficient (Wildman–Crippen LogP) is 2.20. The summed E-state index contributed by atoms with van der Waals surface area (Å²) in [4.78, 5) is 11.8. The fourth-order valence-corrected chi connectivity index (χ4v) is 2.09. The molecule has 0 aromatic heterocycles. The first-order chi connectivity index (χ1) is 8.28. The van der Waals surface area contributed by atoms with Gasteiger partial charge in [0.05, 0.1) is 0 Å². The Hall–Kier alpha value is -0.890. The van der Waals surface area contributed by atoms with Crippen LogP contribution in [0.5, 0.6) is 0 Å². The Balaban J connectivity index is 2.49. The third-order valence-electron chi connectivity index (χ3n) is 1.86. The molecule has 0 unspecified atom stereocenters. The van der Waals surface area contributed by atoms with Crippen LogP contribution in [-0.2, 0) is 0 Å². The lowest BCUT2D eigenvalue weighted by Crippen LogP contribution is -2.52. The number of halogens is 1. The van der Waals surface area contributed by atoms with Crippen molar-refractivity contribution in [3.05, 3.63) is 33.4 Å². The molecule has 0 radical (unpaired) electrons. The number of carbonyl (C=O) groups excluding carboxylic acids is 1. The lowest BCUT2D eigenvalue weighted by molar-refractivity contribution is 0.0943. The molecule has 1 aromatic carbocycles. The summed E-state index contributed by atoms with van der Waals surface area (Å²) in [5.74, 6) is -0.216. The quantitative estimate of drug-likeness (QED) is 0.399. The summed E-state index contributed by atoms with van der Waals surface area (Å²) in [5, 5.41) is 3.43. The van der Waals surface area contributed by atoms with Gasteiger partial charge in [-0.15, -0.1) is 0 Å². The minimum atomic E-state index is -0.216. The molecule has 0 aliphatic carbocycles. The summed E-state index contributed by atoms with van der Waals surface area (Å²) in [6.45, 7) is 5.97. The Kier molecular flexibility index (Phi) is 5.33. The Bertz CT molecular complexity index is 457. The van der Waals surface area contributed by atoms with Crippen LogP contribution >= 0.6 is 34.8 Å². The number of benzene rings is 1. The number of amides is 1. The monoisotopic (exact) mass is 377 g/mol. The molecule has 6 heteroatoms. The molecule has 0 fully saturated rings. The summed E-state index contributed by atoms with van der Waals surface area (Å²) in [6.07, 6.45) is 0. The van der Waals surface area contributed by atoms with E-state index in [1.807, 2.05) is 32.9 Å². The Morgan fingerprint density at radius 1 is 1.28 bits per heavy atom. The van der Waals surface area contributed by atoms with Crippen LogP contribution < -0.4 is 16.2 Å². The number of hydrogen-bond donors (Lipinski definition) is 3. The Labute approximate surface area is 126 Å². The van der Waals surface area contributed by atoms with Gasteiger partial charge in [0.1, 0.15) is 0 Å². The van der Waals surface area contributed by atoms with Crippen LogP contribution in [-0.4, -0.2) is 16.6 Å². The summed E-state index contributed by atoms with van der Waals surface area (Å²) in [7, 11) is 0. The van der Waals surface area contributed by atoms with Crippen molar-refractivity contribution < 1.29 is 4.79 Å². The molecule has 0 bridgehead atoms. The zero-order valence-electron chi connectivity index (χ0n) is 10.5. The molecular weight excluding hydrogens is 361 g/mol. The summed E-state index contributed by atoms with van der Waals surface area (Å²) in [5.41, 5.74) is 5.68.